The van der Waals surface area contributed by atoms with Gasteiger partial charge in [-0.2, -0.15) is 0 Å². The van der Waals surface area contributed by atoms with Crippen molar-refractivity contribution in [2.24, 2.45) is 0 Å². The van der Waals surface area contributed by atoms with E-state index in [2.05, 4.69) is 17.0 Å². The van der Waals surface area contributed by atoms with E-state index in [0.717, 1.165) is 44.2 Å². The molecular formula is C22H28N2O3. The Bertz CT molecular complexity index is 710. The smallest absolute Gasteiger partial charge is 0.263 e. The molecule has 1 unspecified atom stereocenters. The second-order valence-electron chi connectivity index (χ2n) is 6.75. The van der Waals surface area contributed by atoms with Gasteiger partial charge in [0.25, 0.3) is 5.91 Å². The van der Waals surface area contributed by atoms with Gasteiger partial charge >= 0.3 is 0 Å². The second-order valence-corrected chi connectivity index (χ2v) is 6.75. The van der Waals surface area contributed by atoms with Crippen LogP contribution in [0.4, 0.5) is 0 Å². The summed E-state index contributed by atoms with van der Waals surface area (Å²) in [6.45, 7) is 8.60. The number of carbonyl (C=O) groups excluding carboxylic acids is 1. The van der Waals surface area contributed by atoms with Gasteiger partial charge in [-0.25, -0.2) is 0 Å². The van der Waals surface area contributed by atoms with Crippen LogP contribution in [-0.2, 0) is 11.3 Å². The number of para-hydroxylation sites is 1. The van der Waals surface area contributed by atoms with E-state index in [4.69, 9.17) is 9.47 Å². The highest BCUT2D eigenvalue weighted by molar-refractivity contribution is 5.81. The Kier molecular flexibility index (Phi) is 6.71. The minimum Gasteiger partial charge on any atom is -0.494 e. The van der Waals surface area contributed by atoms with Gasteiger partial charge in [0.15, 0.2) is 6.10 Å². The molecule has 5 heteroatoms. The van der Waals surface area contributed by atoms with Crippen LogP contribution in [0.1, 0.15) is 19.4 Å². The summed E-state index contributed by atoms with van der Waals surface area (Å²) in [5.41, 5.74) is 1.26. The normalized spacial score (nSPS) is 16.0. The van der Waals surface area contributed by atoms with E-state index in [1.807, 2.05) is 61.2 Å². The summed E-state index contributed by atoms with van der Waals surface area (Å²) in [5.74, 6) is 1.69. The first-order valence-corrected chi connectivity index (χ1v) is 9.60. The first-order valence-electron chi connectivity index (χ1n) is 9.60. The molecule has 1 heterocycles. The fraction of sp³-hybridized carbons (Fsp3) is 0.409. The molecule has 2 aromatic carbocycles. The van der Waals surface area contributed by atoms with Crippen molar-refractivity contribution in [3.63, 3.8) is 0 Å². The van der Waals surface area contributed by atoms with Crippen LogP contribution in [0.3, 0.4) is 0 Å². The first kappa shape index (κ1) is 19.2. The number of nitrogens with zero attached hydrogens (tertiary/aromatic N) is 2. The molecule has 0 aliphatic carbocycles. The molecule has 2 aromatic rings. The SMILES string of the molecule is CCOc1ccc(CN2CCN(C(=O)C(C)Oc3ccccc3)CC2)cc1. The lowest BCUT2D eigenvalue weighted by atomic mass is 10.2. The Morgan fingerprint density at radius 1 is 0.963 bits per heavy atom. The molecule has 1 aliphatic rings. The van der Waals surface area contributed by atoms with Crippen molar-refractivity contribution in [2.75, 3.05) is 32.8 Å². The second kappa shape index (κ2) is 9.42. The molecule has 0 radical (unpaired) electrons. The van der Waals surface area contributed by atoms with Crippen molar-refractivity contribution in [3.8, 4) is 11.5 Å². The van der Waals surface area contributed by atoms with E-state index in [1.54, 1.807) is 0 Å². The third-order valence-electron chi connectivity index (χ3n) is 4.73. The van der Waals surface area contributed by atoms with E-state index >= 15 is 0 Å². The number of hydrogen-bond acceptors (Lipinski definition) is 4. The minimum atomic E-state index is -0.468. The summed E-state index contributed by atoms with van der Waals surface area (Å²) >= 11 is 0. The Labute approximate surface area is 161 Å². The van der Waals surface area contributed by atoms with Crippen molar-refractivity contribution in [1.29, 1.82) is 0 Å². The van der Waals surface area contributed by atoms with Gasteiger partial charge in [-0.3, -0.25) is 9.69 Å². The number of ether oxygens (including phenoxy) is 2. The maximum absolute atomic E-state index is 12.6. The van der Waals surface area contributed by atoms with Gasteiger partial charge < -0.3 is 14.4 Å². The van der Waals surface area contributed by atoms with Crippen LogP contribution in [0, 0.1) is 0 Å². The summed E-state index contributed by atoms with van der Waals surface area (Å²) < 4.78 is 11.3. The largest absolute Gasteiger partial charge is 0.494 e. The molecule has 144 valence electrons. The van der Waals surface area contributed by atoms with Gasteiger partial charge in [0.1, 0.15) is 11.5 Å². The summed E-state index contributed by atoms with van der Waals surface area (Å²) in [6, 6.07) is 17.7. The predicted molar refractivity (Wildman–Crippen MR) is 106 cm³/mol. The Morgan fingerprint density at radius 2 is 1.63 bits per heavy atom. The van der Waals surface area contributed by atoms with Gasteiger partial charge in [-0.1, -0.05) is 30.3 Å². The molecule has 1 aliphatic heterocycles. The highest BCUT2D eigenvalue weighted by atomic mass is 16.5. The monoisotopic (exact) mass is 368 g/mol. The lowest BCUT2D eigenvalue weighted by molar-refractivity contribution is -0.139. The maximum Gasteiger partial charge on any atom is 0.263 e. The quantitative estimate of drug-likeness (QED) is 0.753. The average molecular weight is 368 g/mol. The van der Waals surface area contributed by atoms with Gasteiger partial charge in [-0.15, -0.1) is 0 Å². The van der Waals surface area contributed by atoms with Crippen molar-refractivity contribution in [3.05, 3.63) is 60.2 Å². The van der Waals surface area contributed by atoms with Crippen molar-refractivity contribution in [1.82, 2.24) is 9.80 Å². The van der Waals surface area contributed by atoms with Crippen molar-refractivity contribution in [2.45, 2.75) is 26.5 Å². The first-order chi connectivity index (χ1) is 13.2. The molecule has 1 amide bonds. The van der Waals surface area contributed by atoms with Crippen LogP contribution in [0.15, 0.2) is 54.6 Å². The van der Waals surface area contributed by atoms with E-state index in [-0.39, 0.29) is 5.91 Å². The minimum absolute atomic E-state index is 0.0552. The summed E-state index contributed by atoms with van der Waals surface area (Å²) in [5, 5.41) is 0. The molecule has 1 saturated heterocycles. The van der Waals surface area contributed by atoms with Crippen molar-refractivity contribution < 1.29 is 14.3 Å². The highest BCUT2D eigenvalue weighted by Gasteiger charge is 2.26. The third-order valence-corrected chi connectivity index (χ3v) is 4.73. The molecular weight excluding hydrogens is 340 g/mol. The summed E-state index contributed by atoms with van der Waals surface area (Å²) in [6.07, 6.45) is -0.468. The molecule has 27 heavy (non-hydrogen) atoms. The molecule has 0 aromatic heterocycles. The van der Waals surface area contributed by atoms with Gasteiger partial charge in [-0.05, 0) is 43.7 Å². The zero-order valence-corrected chi connectivity index (χ0v) is 16.1. The number of benzene rings is 2. The van der Waals surface area contributed by atoms with E-state index in [1.165, 1.54) is 5.56 Å². The molecule has 3 rings (SSSR count). The topological polar surface area (TPSA) is 42.0 Å². The molecule has 5 nitrogen and oxygen atoms in total. The van der Waals surface area contributed by atoms with Crippen LogP contribution in [-0.4, -0.2) is 54.6 Å². The van der Waals surface area contributed by atoms with Crippen LogP contribution in [0.5, 0.6) is 11.5 Å². The van der Waals surface area contributed by atoms with Crippen LogP contribution in [0.2, 0.25) is 0 Å². The molecule has 0 bridgehead atoms. The van der Waals surface area contributed by atoms with Crippen molar-refractivity contribution >= 4 is 5.91 Å². The number of piperazine rings is 1. The lowest BCUT2D eigenvalue weighted by Crippen LogP contribution is -2.51. The molecule has 1 atom stereocenters. The van der Waals surface area contributed by atoms with Gasteiger partial charge in [0.2, 0.25) is 0 Å². The number of carbonyl (C=O) groups is 1. The van der Waals surface area contributed by atoms with E-state index in [9.17, 15) is 4.79 Å². The summed E-state index contributed by atoms with van der Waals surface area (Å²) in [4.78, 5) is 16.9. The molecule has 0 spiro atoms. The number of amides is 1. The van der Waals surface area contributed by atoms with E-state index < -0.39 is 6.10 Å². The highest BCUT2D eigenvalue weighted by Crippen LogP contribution is 2.16. The number of rotatable bonds is 7. The zero-order chi connectivity index (χ0) is 19.1. The fourth-order valence-electron chi connectivity index (χ4n) is 3.25. The zero-order valence-electron chi connectivity index (χ0n) is 16.1. The van der Waals surface area contributed by atoms with Crippen LogP contribution in [0.25, 0.3) is 0 Å². The number of hydrogen-bond donors (Lipinski definition) is 0. The standard InChI is InChI=1S/C22H28N2O3/c1-3-26-20-11-9-19(10-12-20)17-23-13-15-24(16-14-23)22(25)18(2)27-21-7-5-4-6-8-21/h4-12,18H,3,13-17H2,1-2H3. The lowest BCUT2D eigenvalue weighted by Gasteiger charge is -2.35. The van der Waals surface area contributed by atoms with E-state index in [0.29, 0.717) is 6.61 Å². The fourth-order valence-corrected chi connectivity index (χ4v) is 3.25. The maximum atomic E-state index is 12.6. The predicted octanol–water partition coefficient (Wildman–Crippen LogP) is 3.20. The molecule has 0 saturated carbocycles. The van der Waals surface area contributed by atoms with Gasteiger partial charge in [0.05, 0.1) is 6.61 Å². The van der Waals surface area contributed by atoms with Gasteiger partial charge in [0, 0.05) is 32.7 Å². The molecule has 1 fully saturated rings. The third kappa shape index (κ3) is 5.47. The van der Waals surface area contributed by atoms with Crippen LogP contribution < -0.4 is 9.47 Å². The Morgan fingerprint density at radius 3 is 2.26 bits per heavy atom. The summed E-state index contributed by atoms with van der Waals surface area (Å²) in [7, 11) is 0. The average Bonchev–Trinajstić information content (AvgIpc) is 2.70. The molecule has 0 N–H and O–H groups in total. The Hall–Kier alpha value is -2.53. The van der Waals surface area contributed by atoms with Crippen LogP contribution >= 0.6 is 0 Å². The Balaban J connectivity index is 1.45.